The van der Waals surface area contributed by atoms with E-state index in [4.69, 9.17) is 34.8 Å². The molecule has 0 nitrogen and oxygen atoms in total. The topological polar surface area (TPSA) is 0 Å². The van der Waals surface area contributed by atoms with Crippen molar-refractivity contribution in [1.82, 2.24) is 0 Å². The number of allylic oxidation sites excluding steroid dienone is 4. The SMILES string of the molecule is FC1=CC(F)(C(Cl)(Cl)Cl)CC=C1. The van der Waals surface area contributed by atoms with Gasteiger partial charge in [-0.25, -0.2) is 8.78 Å². The van der Waals surface area contributed by atoms with E-state index >= 15 is 0 Å². The molecule has 1 aliphatic carbocycles. The van der Waals surface area contributed by atoms with Crippen LogP contribution in [0.2, 0.25) is 0 Å². The lowest BCUT2D eigenvalue weighted by Gasteiger charge is -2.29. The first-order valence-corrected chi connectivity index (χ1v) is 4.29. The predicted octanol–water partition coefficient (Wildman–Crippen LogP) is 3.88. The fourth-order valence-corrected chi connectivity index (χ4v) is 1.26. The van der Waals surface area contributed by atoms with Crippen LogP contribution in [0, 0.1) is 0 Å². The van der Waals surface area contributed by atoms with E-state index in [1.165, 1.54) is 6.08 Å². The molecule has 1 rings (SSSR count). The number of alkyl halides is 4. The molecular weight excluding hydrogens is 228 g/mol. The van der Waals surface area contributed by atoms with Gasteiger partial charge in [0.2, 0.25) is 3.79 Å². The second kappa shape index (κ2) is 3.17. The molecule has 0 saturated carbocycles. The highest BCUT2D eigenvalue weighted by Crippen LogP contribution is 2.46. The van der Waals surface area contributed by atoms with E-state index < -0.39 is 15.3 Å². The van der Waals surface area contributed by atoms with Crippen LogP contribution in [0.4, 0.5) is 8.78 Å². The van der Waals surface area contributed by atoms with Gasteiger partial charge < -0.3 is 0 Å². The Balaban J connectivity index is 2.95. The van der Waals surface area contributed by atoms with Crippen molar-refractivity contribution in [3.05, 3.63) is 24.1 Å². The van der Waals surface area contributed by atoms with Crippen LogP contribution in [0.1, 0.15) is 6.42 Å². The molecule has 1 atom stereocenters. The summed E-state index contributed by atoms with van der Waals surface area (Å²) in [6.45, 7) is 0. The van der Waals surface area contributed by atoms with Gasteiger partial charge in [0.25, 0.3) is 0 Å². The zero-order chi connectivity index (χ0) is 9.41. The van der Waals surface area contributed by atoms with Crippen LogP contribution < -0.4 is 0 Å². The molecule has 1 aliphatic rings. The maximum absolute atomic E-state index is 13.6. The van der Waals surface area contributed by atoms with Crippen molar-refractivity contribution in [3.63, 3.8) is 0 Å². The van der Waals surface area contributed by atoms with Gasteiger partial charge in [-0.1, -0.05) is 40.9 Å². The Morgan fingerprint density at radius 3 is 2.33 bits per heavy atom. The predicted molar refractivity (Wildman–Crippen MR) is 47.1 cm³/mol. The molecule has 0 bridgehead atoms. The normalized spacial score (nSPS) is 30.2. The summed E-state index contributed by atoms with van der Waals surface area (Å²) >= 11 is 16.0. The Bertz CT molecular complexity index is 242. The highest BCUT2D eigenvalue weighted by molar-refractivity contribution is 6.68. The van der Waals surface area contributed by atoms with Crippen LogP contribution in [0.15, 0.2) is 24.1 Å². The first-order chi connectivity index (χ1) is 5.35. The minimum absolute atomic E-state index is 0.128. The quantitative estimate of drug-likeness (QED) is 0.557. The molecule has 0 amide bonds. The Morgan fingerprint density at radius 2 is 2.00 bits per heavy atom. The third-order valence-electron chi connectivity index (χ3n) is 1.53. The molecule has 5 heteroatoms. The van der Waals surface area contributed by atoms with Crippen molar-refractivity contribution in [2.24, 2.45) is 0 Å². The molecule has 0 aromatic rings. The van der Waals surface area contributed by atoms with Gasteiger partial charge >= 0.3 is 0 Å². The van der Waals surface area contributed by atoms with Crippen LogP contribution >= 0.6 is 34.8 Å². The fourth-order valence-electron chi connectivity index (χ4n) is 0.866. The maximum Gasteiger partial charge on any atom is 0.228 e. The van der Waals surface area contributed by atoms with E-state index in [-0.39, 0.29) is 6.42 Å². The van der Waals surface area contributed by atoms with E-state index in [1.54, 1.807) is 0 Å². The summed E-state index contributed by atoms with van der Waals surface area (Å²) in [4.78, 5) is 0. The van der Waals surface area contributed by atoms with Crippen molar-refractivity contribution in [1.29, 1.82) is 0 Å². The highest BCUT2D eigenvalue weighted by Gasteiger charge is 2.48. The van der Waals surface area contributed by atoms with E-state index in [0.29, 0.717) is 6.08 Å². The molecule has 0 heterocycles. The molecule has 0 fully saturated rings. The summed E-state index contributed by atoms with van der Waals surface area (Å²) in [6, 6.07) is 0. The third-order valence-corrected chi connectivity index (χ3v) is 2.47. The summed E-state index contributed by atoms with van der Waals surface area (Å²) in [6.07, 6.45) is 2.97. The number of hydrogen-bond acceptors (Lipinski definition) is 0. The van der Waals surface area contributed by atoms with Gasteiger partial charge in [-0.2, -0.15) is 0 Å². The summed E-state index contributed by atoms with van der Waals surface area (Å²) in [5.74, 6) is -0.727. The minimum Gasteiger partial charge on any atom is -0.234 e. The monoisotopic (exact) mass is 232 g/mol. The Hall–Kier alpha value is 0.210. The molecule has 0 aliphatic heterocycles. The lowest BCUT2D eigenvalue weighted by atomic mass is 9.99. The molecule has 12 heavy (non-hydrogen) atoms. The van der Waals surface area contributed by atoms with Crippen molar-refractivity contribution in [2.75, 3.05) is 0 Å². The van der Waals surface area contributed by atoms with Crippen LogP contribution in [0.5, 0.6) is 0 Å². The lowest BCUT2D eigenvalue weighted by molar-refractivity contribution is 0.231. The molecule has 68 valence electrons. The average molecular weight is 233 g/mol. The smallest absolute Gasteiger partial charge is 0.228 e. The molecular formula is C7H5Cl3F2. The van der Waals surface area contributed by atoms with Gasteiger partial charge in [0.1, 0.15) is 5.83 Å². The van der Waals surface area contributed by atoms with Crippen LogP contribution in [0.25, 0.3) is 0 Å². The van der Waals surface area contributed by atoms with E-state index in [1.807, 2.05) is 0 Å². The molecule has 0 radical (unpaired) electrons. The lowest BCUT2D eigenvalue weighted by Crippen LogP contribution is -2.36. The van der Waals surface area contributed by atoms with Gasteiger partial charge in [-0.15, -0.1) is 0 Å². The Kier molecular flexibility index (Phi) is 2.72. The maximum atomic E-state index is 13.6. The van der Waals surface area contributed by atoms with Gasteiger partial charge in [0, 0.05) is 6.42 Å². The fraction of sp³-hybridized carbons (Fsp3) is 0.429. The van der Waals surface area contributed by atoms with E-state index in [0.717, 1.165) is 6.08 Å². The van der Waals surface area contributed by atoms with Crippen molar-refractivity contribution in [3.8, 4) is 0 Å². The standard InChI is InChI=1S/C7H5Cl3F2/c8-7(9,10)6(12)3-1-2-5(11)4-6/h1-2,4H,3H2. The molecule has 0 aromatic carbocycles. The Morgan fingerprint density at radius 1 is 1.42 bits per heavy atom. The van der Waals surface area contributed by atoms with E-state index in [2.05, 4.69) is 0 Å². The van der Waals surface area contributed by atoms with Crippen LogP contribution in [0.3, 0.4) is 0 Å². The van der Waals surface area contributed by atoms with Crippen molar-refractivity contribution >= 4 is 34.8 Å². The summed E-state index contributed by atoms with van der Waals surface area (Å²) in [5.41, 5.74) is -2.24. The van der Waals surface area contributed by atoms with Gasteiger partial charge in [0.05, 0.1) is 0 Å². The second-order valence-corrected chi connectivity index (χ2v) is 4.78. The molecule has 0 spiro atoms. The minimum atomic E-state index is -2.24. The average Bonchev–Trinajstić information content (AvgIpc) is 1.83. The Labute approximate surface area is 83.8 Å². The van der Waals surface area contributed by atoms with Gasteiger partial charge in [0.15, 0.2) is 5.67 Å². The second-order valence-electron chi connectivity index (χ2n) is 2.50. The van der Waals surface area contributed by atoms with Gasteiger partial charge in [-0.3, -0.25) is 0 Å². The van der Waals surface area contributed by atoms with Crippen molar-refractivity contribution in [2.45, 2.75) is 15.9 Å². The zero-order valence-corrected chi connectivity index (χ0v) is 8.10. The summed E-state index contributed by atoms with van der Waals surface area (Å²) in [5, 5.41) is 0. The summed E-state index contributed by atoms with van der Waals surface area (Å²) < 4.78 is 24.0. The highest BCUT2D eigenvalue weighted by atomic mass is 35.6. The van der Waals surface area contributed by atoms with Crippen LogP contribution in [-0.2, 0) is 0 Å². The van der Waals surface area contributed by atoms with Gasteiger partial charge in [-0.05, 0) is 12.2 Å². The van der Waals surface area contributed by atoms with Crippen LogP contribution in [-0.4, -0.2) is 9.46 Å². The number of halogens is 5. The largest absolute Gasteiger partial charge is 0.234 e. The zero-order valence-electron chi connectivity index (χ0n) is 5.83. The third kappa shape index (κ3) is 1.93. The first-order valence-electron chi connectivity index (χ1n) is 3.16. The first kappa shape index (κ1) is 10.3. The van der Waals surface area contributed by atoms with E-state index in [9.17, 15) is 8.78 Å². The molecule has 1 unspecified atom stereocenters. The molecule has 0 aromatic heterocycles. The molecule has 0 saturated heterocycles. The molecule has 0 N–H and O–H groups in total. The van der Waals surface area contributed by atoms with Crippen molar-refractivity contribution < 1.29 is 8.78 Å². The number of rotatable bonds is 0. The number of hydrogen-bond donors (Lipinski definition) is 0. The summed E-state index contributed by atoms with van der Waals surface area (Å²) in [7, 11) is 0.